The summed E-state index contributed by atoms with van der Waals surface area (Å²) in [6.45, 7) is 0.824. The van der Waals surface area contributed by atoms with Crippen molar-refractivity contribution in [3.05, 3.63) is 108 Å². The molecule has 13 heteroatoms. The van der Waals surface area contributed by atoms with Crippen molar-refractivity contribution >= 4 is 22.8 Å². The zero-order valence-corrected chi connectivity index (χ0v) is 25.0. The molecule has 5 heterocycles. The van der Waals surface area contributed by atoms with Crippen LogP contribution < -0.4 is 11.1 Å². The van der Waals surface area contributed by atoms with Crippen molar-refractivity contribution < 1.29 is 14.6 Å². The highest BCUT2D eigenvalue weighted by molar-refractivity contribution is 5.84. The van der Waals surface area contributed by atoms with Crippen LogP contribution in [0.25, 0.3) is 39.5 Å². The van der Waals surface area contributed by atoms with E-state index in [0.29, 0.717) is 77.1 Å². The summed E-state index contributed by atoms with van der Waals surface area (Å²) < 4.78 is 15.5. The third-order valence-electron chi connectivity index (χ3n) is 8.28. The van der Waals surface area contributed by atoms with Gasteiger partial charge in [0.05, 0.1) is 11.3 Å². The number of aromatic nitrogens is 6. The fraction of sp³-hybridized carbons (Fsp3) is 0.176. The molecule has 12 nitrogen and oxygen atoms in total. The van der Waals surface area contributed by atoms with Gasteiger partial charge < -0.3 is 21.3 Å². The van der Waals surface area contributed by atoms with Gasteiger partial charge in [0.1, 0.15) is 29.0 Å². The lowest BCUT2D eigenvalue weighted by atomic mass is 10.0. The highest BCUT2D eigenvalue weighted by atomic mass is 19.1. The number of halogens is 1. The van der Waals surface area contributed by atoms with E-state index in [4.69, 9.17) is 21.0 Å². The third kappa shape index (κ3) is 5.84. The van der Waals surface area contributed by atoms with E-state index in [0.717, 1.165) is 5.56 Å². The smallest absolute Gasteiger partial charge is 0.253 e. The number of nitrogens with one attached hydrogen (secondary N) is 1. The van der Waals surface area contributed by atoms with Crippen LogP contribution in [0.2, 0.25) is 0 Å². The summed E-state index contributed by atoms with van der Waals surface area (Å²) in [6, 6.07) is 23.9. The zero-order valence-electron chi connectivity index (χ0n) is 25.0. The number of nitrogens with zero attached hydrogens (tertiary/aromatic N) is 8. The lowest BCUT2D eigenvalue weighted by Crippen LogP contribution is -2.51. The fourth-order valence-electron chi connectivity index (χ4n) is 5.82. The Morgan fingerprint density at radius 3 is 2.38 bits per heavy atom. The average molecular weight is 629 g/mol. The molecule has 0 spiro atoms. The van der Waals surface area contributed by atoms with E-state index in [1.54, 1.807) is 59.6 Å². The normalized spacial score (nSPS) is 14.3. The molecule has 0 saturated carbocycles. The van der Waals surface area contributed by atoms with Crippen molar-refractivity contribution in [3.63, 3.8) is 0 Å². The Kier molecular flexibility index (Phi) is 7.74. The van der Waals surface area contributed by atoms with Gasteiger partial charge in [0.25, 0.3) is 5.91 Å². The first-order valence-corrected chi connectivity index (χ1v) is 15.0. The Morgan fingerprint density at radius 1 is 0.894 bits per heavy atom. The summed E-state index contributed by atoms with van der Waals surface area (Å²) in [5.74, 6) is -1.09. The number of benzene rings is 2. The minimum absolute atomic E-state index is 0.0472. The van der Waals surface area contributed by atoms with Crippen LogP contribution in [0.5, 0.6) is 0 Å². The predicted octanol–water partition coefficient (Wildman–Crippen LogP) is 4.20. The van der Waals surface area contributed by atoms with Crippen LogP contribution in [0, 0.1) is 17.1 Å². The second-order valence-electron chi connectivity index (χ2n) is 11.2. The number of likely N-dealkylation sites (tertiary alicyclic amines) is 1. The number of hydrogen-bond donors (Lipinski definition) is 4. The lowest BCUT2D eigenvalue weighted by Gasteiger charge is -2.40. The molecular formula is C34H29FN10O2. The molecule has 1 aliphatic heterocycles. The van der Waals surface area contributed by atoms with Crippen molar-refractivity contribution in [2.75, 3.05) is 24.1 Å². The van der Waals surface area contributed by atoms with E-state index in [1.165, 1.54) is 18.3 Å². The maximum Gasteiger partial charge on any atom is 0.253 e. The van der Waals surface area contributed by atoms with E-state index in [9.17, 15) is 14.6 Å². The molecule has 0 atom stereocenters. The van der Waals surface area contributed by atoms with Crippen LogP contribution >= 0.6 is 0 Å². The minimum Gasteiger partial charge on any atom is -0.383 e. The first-order chi connectivity index (χ1) is 22.8. The second-order valence-corrected chi connectivity index (χ2v) is 11.2. The van der Waals surface area contributed by atoms with Crippen molar-refractivity contribution in [2.24, 2.45) is 0 Å². The molecule has 47 heavy (non-hydrogen) atoms. The monoisotopic (exact) mass is 628 g/mol. The quantitative estimate of drug-likeness (QED) is 0.187. The van der Waals surface area contributed by atoms with Gasteiger partial charge >= 0.3 is 0 Å². The van der Waals surface area contributed by atoms with E-state index in [1.807, 2.05) is 28.8 Å². The minimum atomic E-state index is -2.21. The highest BCUT2D eigenvalue weighted by Crippen LogP contribution is 2.33. The predicted molar refractivity (Wildman–Crippen MR) is 173 cm³/mol. The summed E-state index contributed by atoms with van der Waals surface area (Å²) in [6.07, 6.45) is 4.39. The number of nitrogens with two attached hydrogens (primary N) is 1. The van der Waals surface area contributed by atoms with Crippen LogP contribution in [0.4, 0.5) is 16.0 Å². The number of rotatable bonds is 7. The SMILES string of the molecule is N#Cc1nccc(NC2CCN(C(O)(O)c3ccc(-n4c(-c5cccnc5N)nc5ccc(-c6ccc(F)cc6)nc54)cc3)CC2)n1. The van der Waals surface area contributed by atoms with E-state index in [-0.39, 0.29) is 17.7 Å². The van der Waals surface area contributed by atoms with Crippen LogP contribution in [0.3, 0.4) is 0 Å². The van der Waals surface area contributed by atoms with E-state index in [2.05, 4.69) is 20.3 Å². The van der Waals surface area contributed by atoms with Gasteiger partial charge in [-0.2, -0.15) is 5.26 Å². The molecular weight excluding hydrogens is 599 g/mol. The summed E-state index contributed by atoms with van der Waals surface area (Å²) in [5, 5.41) is 35.0. The maximum atomic E-state index is 13.6. The molecule has 6 aromatic rings. The van der Waals surface area contributed by atoms with Gasteiger partial charge in [0.2, 0.25) is 5.82 Å². The molecule has 0 bridgehead atoms. The number of pyridine rings is 2. The molecule has 1 fully saturated rings. The first-order valence-electron chi connectivity index (χ1n) is 15.0. The van der Waals surface area contributed by atoms with Crippen LogP contribution in [0.1, 0.15) is 24.2 Å². The number of anilines is 2. The van der Waals surface area contributed by atoms with Gasteiger partial charge in [-0.3, -0.25) is 4.57 Å². The van der Waals surface area contributed by atoms with Crippen LogP contribution in [0.15, 0.2) is 91.3 Å². The van der Waals surface area contributed by atoms with Crippen molar-refractivity contribution in [3.8, 4) is 34.4 Å². The molecule has 0 unspecified atom stereocenters. The molecule has 4 aromatic heterocycles. The molecule has 5 N–H and O–H groups in total. The van der Waals surface area contributed by atoms with E-state index >= 15 is 0 Å². The summed E-state index contributed by atoms with van der Waals surface area (Å²) in [4.78, 5) is 23.7. The Morgan fingerprint density at radius 2 is 1.66 bits per heavy atom. The summed E-state index contributed by atoms with van der Waals surface area (Å²) in [7, 11) is 0. The number of nitrogen functional groups attached to an aromatic ring is 1. The number of imidazole rings is 1. The standard InChI is InChI=1S/C34H29FN10O2/c35-23-7-3-21(4-8-23)27-11-12-28-33(41-27)45(32(42-28)26-2-1-16-39-31(26)37)25-9-5-22(6-10-25)34(46,47)44-18-14-24(15-19-44)40-29-13-17-38-30(20-36)43-29/h1-13,16-17,24,46-47H,14-15,18-19H2,(H2,37,39)(H,38,40,43). The molecule has 2 aromatic carbocycles. The van der Waals surface area contributed by atoms with Crippen molar-refractivity contribution in [1.29, 1.82) is 5.26 Å². The molecule has 0 radical (unpaired) electrons. The highest BCUT2D eigenvalue weighted by Gasteiger charge is 2.37. The zero-order chi connectivity index (χ0) is 32.5. The van der Waals surface area contributed by atoms with Gasteiger partial charge in [-0.1, -0.05) is 12.1 Å². The van der Waals surface area contributed by atoms with E-state index < -0.39 is 5.91 Å². The molecule has 1 aliphatic rings. The number of aliphatic hydroxyl groups is 2. The second kappa shape index (κ2) is 12.2. The fourth-order valence-corrected chi connectivity index (χ4v) is 5.82. The Balaban J connectivity index is 1.18. The summed E-state index contributed by atoms with van der Waals surface area (Å²) in [5.41, 5.74) is 10.4. The largest absolute Gasteiger partial charge is 0.383 e. The van der Waals surface area contributed by atoms with Crippen molar-refractivity contribution in [1.82, 2.24) is 34.4 Å². The average Bonchev–Trinajstić information content (AvgIpc) is 3.48. The van der Waals surface area contributed by atoms with Crippen molar-refractivity contribution in [2.45, 2.75) is 24.8 Å². The third-order valence-corrected chi connectivity index (χ3v) is 8.28. The Hall–Kier alpha value is -5.81. The number of nitriles is 1. The maximum absolute atomic E-state index is 13.6. The number of fused-ring (bicyclic) bond motifs is 1. The summed E-state index contributed by atoms with van der Waals surface area (Å²) >= 11 is 0. The topological polar surface area (TPSA) is 175 Å². The number of hydrogen-bond acceptors (Lipinski definition) is 11. The van der Waals surface area contributed by atoms with Gasteiger partial charge in [-0.15, -0.1) is 0 Å². The molecule has 0 amide bonds. The lowest BCUT2D eigenvalue weighted by molar-refractivity contribution is -0.279. The molecule has 1 saturated heterocycles. The van der Waals surface area contributed by atoms with Crippen LogP contribution in [-0.4, -0.2) is 63.7 Å². The Bertz CT molecular complexity index is 2100. The first kappa shape index (κ1) is 29.9. The van der Waals surface area contributed by atoms with Crippen LogP contribution in [-0.2, 0) is 5.91 Å². The van der Waals surface area contributed by atoms with Gasteiger partial charge in [-0.25, -0.2) is 34.2 Å². The van der Waals surface area contributed by atoms with Gasteiger partial charge in [0, 0.05) is 48.3 Å². The number of piperidine rings is 1. The van der Waals surface area contributed by atoms with Gasteiger partial charge in [0.15, 0.2) is 11.5 Å². The molecule has 234 valence electrons. The van der Waals surface area contributed by atoms with Gasteiger partial charge in [-0.05, 0) is 79.6 Å². The molecule has 7 rings (SSSR count). The molecule has 0 aliphatic carbocycles. The Labute approximate surface area is 268 Å².